The lowest BCUT2D eigenvalue weighted by Crippen LogP contribution is -2.41. The molecule has 0 aromatic heterocycles. The van der Waals surface area contributed by atoms with Crippen LogP contribution in [0.4, 0.5) is 10.5 Å². The number of esters is 1. The van der Waals surface area contributed by atoms with Crippen LogP contribution >= 0.6 is 11.8 Å². The molecule has 0 saturated heterocycles. The third-order valence-electron chi connectivity index (χ3n) is 6.37. The van der Waals surface area contributed by atoms with E-state index in [4.69, 9.17) is 4.74 Å². The van der Waals surface area contributed by atoms with Crippen molar-refractivity contribution in [3.8, 4) is 5.75 Å². The molecule has 0 bridgehead atoms. The minimum atomic E-state index is -0.211. The smallest absolute Gasteiger partial charge is 0.321 e. The van der Waals surface area contributed by atoms with Crippen molar-refractivity contribution in [1.29, 1.82) is 0 Å². The predicted octanol–water partition coefficient (Wildman–Crippen LogP) is 8.66. The molecule has 0 aliphatic rings. The van der Waals surface area contributed by atoms with E-state index in [-0.39, 0.29) is 12.0 Å². The summed E-state index contributed by atoms with van der Waals surface area (Å²) in [7, 11) is 0. The summed E-state index contributed by atoms with van der Waals surface area (Å²) < 4.78 is 5.37. The predicted molar refractivity (Wildman–Crippen MR) is 162 cm³/mol. The van der Waals surface area contributed by atoms with Crippen LogP contribution in [-0.2, 0) is 11.2 Å². The fourth-order valence-corrected chi connectivity index (χ4v) is 5.14. The summed E-state index contributed by atoms with van der Waals surface area (Å²) >= 11 is 1.62. The second kappa shape index (κ2) is 17.4. The summed E-state index contributed by atoms with van der Waals surface area (Å²) in [6.45, 7) is 5.50. The highest BCUT2D eigenvalue weighted by Crippen LogP contribution is 2.32. The number of aryl methyl sites for hydroxylation is 1. The van der Waals surface area contributed by atoms with Gasteiger partial charge in [0, 0.05) is 35.0 Å². The summed E-state index contributed by atoms with van der Waals surface area (Å²) in [6, 6.07) is 26.0. The van der Waals surface area contributed by atoms with E-state index in [0.717, 1.165) is 47.6 Å². The van der Waals surface area contributed by atoms with Crippen LogP contribution in [0.15, 0.2) is 88.7 Å². The van der Waals surface area contributed by atoms with Gasteiger partial charge in [0.05, 0.1) is 0 Å². The van der Waals surface area contributed by atoms with Crippen molar-refractivity contribution in [2.45, 2.75) is 81.4 Å². The minimum absolute atomic E-state index is 0.0426. The fraction of sp³-hybridized carbons (Fsp3) is 0.394. The van der Waals surface area contributed by atoms with E-state index in [0.29, 0.717) is 25.3 Å². The van der Waals surface area contributed by atoms with Crippen LogP contribution in [0, 0.1) is 0 Å². The van der Waals surface area contributed by atoms with Crippen LogP contribution in [0.2, 0.25) is 0 Å². The molecule has 0 unspecified atom stereocenters. The van der Waals surface area contributed by atoms with E-state index >= 15 is 0 Å². The second-order valence-corrected chi connectivity index (χ2v) is 10.8. The first kappa shape index (κ1) is 30.3. The van der Waals surface area contributed by atoms with Crippen LogP contribution in [0.25, 0.3) is 0 Å². The molecule has 0 aliphatic heterocycles. The molecule has 208 valence electrons. The summed E-state index contributed by atoms with van der Waals surface area (Å²) in [5.74, 6) is 0.347. The zero-order valence-electron chi connectivity index (χ0n) is 23.4. The average molecular weight is 547 g/mol. The van der Waals surface area contributed by atoms with Crippen molar-refractivity contribution in [2.24, 2.45) is 0 Å². The average Bonchev–Trinajstić information content (AvgIpc) is 2.95. The van der Waals surface area contributed by atoms with Crippen LogP contribution in [0.3, 0.4) is 0 Å². The van der Waals surface area contributed by atoms with Gasteiger partial charge in [0.2, 0.25) is 0 Å². The number of nitrogens with one attached hydrogen (secondary N) is 1. The summed E-state index contributed by atoms with van der Waals surface area (Å²) in [6.07, 6.45) is 8.81. The van der Waals surface area contributed by atoms with Gasteiger partial charge in [-0.2, -0.15) is 0 Å². The molecular formula is C33H42N2O3S. The maximum atomic E-state index is 13.3. The van der Waals surface area contributed by atoms with Gasteiger partial charge in [0.15, 0.2) is 0 Å². The molecule has 0 heterocycles. The maximum Gasteiger partial charge on any atom is 0.321 e. The zero-order chi connectivity index (χ0) is 27.7. The van der Waals surface area contributed by atoms with E-state index in [2.05, 4.69) is 48.6 Å². The van der Waals surface area contributed by atoms with Gasteiger partial charge >= 0.3 is 12.0 Å². The summed E-state index contributed by atoms with van der Waals surface area (Å²) in [4.78, 5) is 29.0. The number of nitrogens with zero attached hydrogens (tertiary/aromatic N) is 1. The van der Waals surface area contributed by atoms with Crippen molar-refractivity contribution in [2.75, 3.05) is 18.0 Å². The number of hydrogen-bond acceptors (Lipinski definition) is 4. The molecule has 1 N–H and O–H groups in total. The molecule has 2 amide bonds. The Morgan fingerprint density at radius 3 is 2.31 bits per heavy atom. The Hall–Kier alpha value is -3.25. The molecule has 5 nitrogen and oxygen atoms in total. The highest BCUT2D eigenvalue weighted by Gasteiger charge is 2.16. The number of unbranched alkanes of at least 4 members (excludes halogenated alkanes) is 4. The van der Waals surface area contributed by atoms with Gasteiger partial charge in [-0.05, 0) is 73.7 Å². The molecule has 0 radical (unpaired) electrons. The third-order valence-corrected chi connectivity index (χ3v) is 7.36. The normalized spacial score (nSPS) is 10.7. The first-order valence-electron chi connectivity index (χ1n) is 14.3. The molecule has 3 aromatic carbocycles. The van der Waals surface area contributed by atoms with E-state index in [1.807, 2.05) is 54.3 Å². The number of anilines is 1. The van der Waals surface area contributed by atoms with Crippen molar-refractivity contribution in [3.63, 3.8) is 0 Å². The molecule has 0 fully saturated rings. The Morgan fingerprint density at radius 1 is 0.795 bits per heavy atom. The first-order chi connectivity index (χ1) is 19.1. The number of hydrogen-bond donors (Lipinski definition) is 1. The van der Waals surface area contributed by atoms with Gasteiger partial charge in [-0.15, -0.1) is 0 Å². The van der Waals surface area contributed by atoms with Gasteiger partial charge < -0.3 is 10.1 Å². The Balaban J connectivity index is 1.65. The SMILES string of the molecule is CCCCCCCNC(=O)N(CCCc1ccccc1)c1cccc(Sc2ccc(OC(=O)CCC)cc2)c1. The second-order valence-electron chi connectivity index (χ2n) is 9.68. The minimum Gasteiger partial charge on any atom is -0.427 e. The standard InChI is InChI=1S/C33H42N2O3S/c1-3-5-6-7-11-24-34-33(37)35(25-13-17-27-15-9-8-10-16-27)28-18-12-19-31(26-28)39-30-22-20-29(21-23-30)38-32(36)14-4-2/h8-10,12,15-16,18-23,26H,3-7,11,13-14,17,24-25H2,1-2H3,(H,34,37). The number of ether oxygens (including phenoxy) is 1. The lowest BCUT2D eigenvalue weighted by molar-refractivity contribution is -0.134. The monoisotopic (exact) mass is 546 g/mol. The topological polar surface area (TPSA) is 58.6 Å². The van der Waals surface area contributed by atoms with Crippen molar-refractivity contribution >= 4 is 29.4 Å². The van der Waals surface area contributed by atoms with Crippen molar-refractivity contribution in [3.05, 3.63) is 84.4 Å². The molecule has 0 atom stereocenters. The fourth-order valence-electron chi connectivity index (χ4n) is 4.27. The quantitative estimate of drug-likeness (QED) is 0.111. The largest absolute Gasteiger partial charge is 0.427 e. The van der Waals surface area contributed by atoms with Gasteiger partial charge in [-0.1, -0.05) is 87.7 Å². The summed E-state index contributed by atoms with van der Waals surface area (Å²) in [5.41, 5.74) is 2.17. The molecule has 39 heavy (non-hydrogen) atoms. The van der Waals surface area contributed by atoms with E-state index in [1.165, 1.54) is 24.8 Å². The van der Waals surface area contributed by atoms with Gasteiger partial charge in [-0.25, -0.2) is 4.79 Å². The van der Waals surface area contributed by atoms with Crippen LogP contribution in [0.5, 0.6) is 5.75 Å². The van der Waals surface area contributed by atoms with Crippen LogP contribution < -0.4 is 15.0 Å². The van der Waals surface area contributed by atoms with E-state index < -0.39 is 0 Å². The number of urea groups is 1. The molecular weight excluding hydrogens is 504 g/mol. The Labute approximate surface area is 238 Å². The van der Waals surface area contributed by atoms with Crippen molar-refractivity contribution in [1.82, 2.24) is 5.32 Å². The van der Waals surface area contributed by atoms with E-state index in [1.54, 1.807) is 11.8 Å². The number of carbonyl (C=O) groups excluding carboxylic acids is 2. The number of rotatable bonds is 16. The van der Waals surface area contributed by atoms with Crippen molar-refractivity contribution < 1.29 is 14.3 Å². The van der Waals surface area contributed by atoms with Gasteiger partial charge in [-0.3, -0.25) is 9.69 Å². The molecule has 0 aliphatic carbocycles. The first-order valence-corrected chi connectivity index (χ1v) is 15.1. The van der Waals surface area contributed by atoms with E-state index in [9.17, 15) is 9.59 Å². The van der Waals surface area contributed by atoms with Crippen LogP contribution in [0.1, 0.15) is 70.8 Å². The Bertz CT molecular complexity index is 1140. The lowest BCUT2D eigenvalue weighted by atomic mass is 10.1. The Kier molecular flexibility index (Phi) is 13.5. The van der Waals surface area contributed by atoms with Gasteiger partial charge in [0.25, 0.3) is 0 Å². The highest BCUT2D eigenvalue weighted by atomic mass is 32.2. The molecule has 0 saturated carbocycles. The third kappa shape index (κ3) is 11.2. The molecule has 0 spiro atoms. The lowest BCUT2D eigenvalue weighted by Gasteiger charge is -2.24. The number of benzene rings is 3. The number of amides is 2. The molecule has 3 aromatic rings. The maximum absolute atomic E-state index is 13.3. The molecule has 6 heteroatoms. The number of carbonyl (C=O) groups is 2. The Morgan fingerprint density at radius 2 is 1.56 bits per heavy atom. The van der Waals surface area contributed by atoms with Crippen LogP contribution in [-0.4, -0.2) is 25.1 Å². The highest BCUT2D eigenvalue weighted by molar-refractivity contribution is 7.99. The summed E-state index contributed by atoms with van der Waals surface area (Å²) in [5, 5.41) is 3.15. The van der Waals surface area contributed by atoms with Gasteiger partial charge in [0.1, 0.15) is 5.75 Å². The zero-order valence-corrected chi connectivity index (χ0v) is 24.2. The molecule has 3 rings (SSSR count).